The molecule has 0 aliphatic carbocycles. The molecule has 1 aromatic heterocycles. The van der Waals surface area contributed by atoms with Crippen LogP contribution in [0.25, 0.3) is 0 Å². The minimum atomic E-state index is 0. The van der Waals surface area contributed by atoms with Crippen molar-refractivity contribution in [2.45, 2.75) is 18.8 Å². The Bertz CT molecular complexity index is 340. The van der Waals surface area contributed by atoms with Crippen LogP contribution in [0.2, 0.25) is 0 Å². The number of aromatic amines is 2. The van der Waals surface area contributed by atoms with Gasteiger partial charge in [0.05, 0.1) is 0 Å². The van der Waals surface area contributed by atoms with Gasteiger partial charge in [-0.1, -0.05) is 0 Å². The third-order valence-corrected chi connectivity index (χ3v) is 3.00. The molecule has 0 unspecified atom stereocenters. The number of likely N-dealkylation sites (tertiary alicyclic amines) is 1. The Morgan fingerprint density at radius 2 is 2.07 bits per heavy atom. The first-order chi connectivity index (χ1) is 6.79. The van der Waals surface area contributed by atoms with Gasteiger partial charge >= 0.3 is 0 Å². The van der Waals surface area contributed by atoms with Crippen LogP contribution >= 0.6 is 12.2 Å². The van der Waals surface area contributed by atoms with Crippen LogP contribution in [-0.2, 0) is 27.3 Å². The number of hydrogen-bond donors (Lipinski definition) is 2. The number of hydrogen-bond acceptors (Lipinski definition) is 3. The second kappa shape index (κ2) is 6.10. The van der Waals surface area contributed by atoms with E-state index in [0.29, 0.717) is 10.7 Å². The van der Waals surface area contributed by atoms with Crippen LogP contribution < -0.4 is 0 Å². The van der Waals surface area contributed by atoms with Gasteiger partial charge in [-0.3, -0.25) is 10.2 Å². The van der Waals surface area contributed by atoms with Crippen molar-refractivity contribution in [1.29, 1.82) is 0 Å². The first-order valence-electron chi connectivity index (χ1n) is 4.96. The van der Waals surface area contributed by atoms with Crippen LogP contribution in [-0.4, -0.2) is 39.7 Å². The molecule has 0 atom stereocenters. The Balaban J connectivity index is 0.00000112. The SMILES string of the molecule is [CH2-]CN1CCC(c2nc(=S)[nH][nH]2)CC1.[Cd]. The summed E-state index contributed by atoms with van der Waals surface area (Å²) >= 11 is 4.93. The summed E-state index contributed by atoms with van der Waals surface area (Å²) in [4.78, 5) is 6.61. The number of aromatic nitrogens is 3. The molecule has 0 aromatic carbocycles. The molecule has 1 fully saturated rings. The summed E-state index contributed by atoms with van der Waals surface area (Å²) in [6.45, 7) is 7.02. The van der Waals surface area contributed by atoms with Crippen molar-refractivity contribution in [3.8, 4) is 0 Å². The number of nitrogens with zero attached hydrogens (tertiary/aromatic N) is 2. The van der Waals surface area contributed by atoms with Crippen molar-refractivity contribution >= 4 is 12.2 Å². The molecule has 2 N–H and O–H groups in total. The first kappa shape index (κ1) is 13.3. The third kappa shape index (κ3) is 3.35. The van der Waals surface area contributed by atoms with Gasteiger partial charge in [0, 0.05) is 33.2 Å². The Hall–Kier alpha value is 0.242. The van der Waals surface area contributed by atoms with Gasteiger partial charge in [0.15, 0.2) is 0 Å². The molecular weight excluding hydrogens is 309 g/mol. The zero-order valence-corrected chi connectivity index (χ0v) is 13.7. The number of rotatable bonds is 2. The molecule has 80 valence electrons. The minimum absolute atomic E-state index is 0. The van der Waals surface area contributed by atoms with Crippen LogP contribution in [0, 0.1) is 11.7 Å². The molecule has 4 nitrogen and oxygen atoms in total. The van der Waals surface area contributed by atoms with E-state index in [-0.39, 0.29) is 27.3 Å². The Morgan fingerprint density at radius 3 is 2.53 bits per heavy atom. The van der Waals surface area contributed by atoms with Gasteiger partial charge in [0.2, 0.25) is 4.77 Å². The number of nitrogens with one attached hydrogen (secondary N) is 2. The van der Waals surface area contributed by atoms with E-state index in [9.17, 15) is 0 Å². The van der Waals surface area contributed by atoms with Gasteiger partial charge in [0.1, 0.15) is 5.82 Å². The van der Waals surface area contributed by atoms with E-state index in [0.717, 1.165) is 38.3 Å². The molecule has 1 aromatic rings. The van der Waals surface area contributed by atoms with Gasteiger partial charge in [0.25, 0.3) is 0 Å². The Labute approximate surface area is 115 Å². The maximum absolute atomic E-state index is 4.93. The van der Waals surface area contributed by atoms with Gasteiger partial charge in [-0.2, -0.15) is 0 Å². The summed E-state index contributed by atoms with van der Waals surface area (Å²) in [7, 11) is 0. The van der Waals surface area contributed by atoms with Crippen LogP contribution in [0.1, 0.15) is 24.6 Å². The molecule has 0 amide bonds. The van der Waals surface area contributed by atoms with Gasteiger partial charge in [-0.25, -0.2) is 4.98 Å². The van der Waals surface area contributed by atoms with Crippen LogP contribution in [0.15, 0.2) is 0 Å². The van der Waals surface area contributed by atoms with Crippen molar-refractivity contribution in [3.05, 3.63) is 17.5 Å². The minimum Gasteiger partial charge on any atom is -0.333 e. The summed E-state index contributed by atoms with van der Waals surface area (Å²) in [5, 5.41) is 5.88. The fourth-order valence-electron chi connectivity index (χ4n) is 1.91. The van der Waals surface area contributed by atoms with Crippen molar-refractivity contribution in [1.82, 2.24) is 20.1 Å². The molecule has 0 radical (unpaired) electrons. The van der Waals surface area contributed by atoms with E-state index in [1.807, 2.05) is 0 Å². The molecule has 2 rings (SSSR count). The first-order valence-corrected chi connectivity index (χ1v) is 5.36. The normalized spacial score (nSPS) is 18.7. The van der Waals surface area contributed by atoms with E-state index < -0.39 is 0 Å². The zero-order chi connectivity index (χ0) is 9.97. The van der Waals surface area contributed by atoms with Crippen LogP contribution in [0.4, 0.5) is 0 Å². The van der Waals surface area contributed by atoms with Crippen LogP contribution in [0.3, 0.4) is 0 Å². The topological polar surface area (TPSA) is 47.7 Å². The van der Waals surface area contributed by atoms with Gasteiger partial charge < -0.3 is 11.8 Å². The van der Waals surface area contributed by atoms with Crippen molar-refractivity contribution < 1.29 is 27.3 Å². The number of piperidine rings is 1. The average molecular weight is 324 g/mol. The third-order valence-electron chi connectivity index (χ3n) is 2.81. The fourth-order valence-corrected chi connectivity index (χ4v) is 2.06. The standard InChI is InChI=1S/C9H15N4S.Cd/c1-2-13-5-3-7(4-6-13)8-10-9(14)12-11-8;/h7H,1-6H2,(H2,10,11,12,14);/q-1;. The summed E-state index contributed by atoms with van der Waals surface area (Å²) < 4.78 is 0.555. The van der Waals surface area contributed by atoms with E-state index in [1.54, 1.807) is 0 Å². The Kier molecular flexibility index (Phi) is 5.41. The summed E-state index contributed by atoms with van der Waals surface area (Å²) in [6, 6.07) is 0. The average Bonchev–Trinajstić information content (AvgIpc) is 2.65. The molecular formula is C9H15CdN4S-. The molecule has 0 spiro atoms. The summed E-state index contributed by atoms with van der Waals surface area (Å²) in [5.41, 5.74) is 0. The molecule has 6 heteroatoms. The van der Waals surface area contributed by atoms with E-state index in [1.165, 1.54) is 0 Å². The zero-order valence-electron chi connectivity index (χ0n) is 8.83. The van der Waals surface area contributed by atoms with E-state index in [2.05, 4.69) is 27.0 Å². The van der Waals surface area contributed by atoms with Gasteiger partial charge in [-0.05, 0) is 38.1 Å². The predicted octanol–water partition coefficient (Wildman–Crippen LogP) is 1.48. The fraction of sp³-hybridized carbons (Fsp3) is 0.667. The van der Waals surface area contributed by atoms with E-state index in [4.69, 9.17) is 12.2 Å². The Morgan fingerprint density at radius 1 is 1.40 bits per heavy atom. The molecule has 1 aliphatic rings. The summed E-state index contributed by atoms with van der Waals surface area (Å²) in [6.07, 6.45) is 2.29. The quantitative estimate of drug-likeness (QED) is 0.492. The van der Waals surface area contributed by atoms with E-state index >= 15 is 0 Å². The molecule has 15 heavy (non-hydrogen) atoms. The van der Waals surface area contributed by atoms with Crippen molar-refractivity contribution in [2.24, 2.45) is 0 Å². The molecule has 2 heterocycles. The smallest absolute Gasteiger partial charge is 0.213 e. The predicted molar refractivity (Wildman–Crippen MR) is 57.5 cm³/mol. The monoisotopic (exact) mass is 325 g/mol. The maximum atomic E-state index is 4.93. The van der Waals surface area contributed by atoms with Crippen molar-refractivity contribution in [2.75, 3.05) is 19.6 Å². The summed E-state index contributed by atoms with van der Waals surface area (Å²) in [5.74, 6) is 1.55. The van der Waals surface area contributed by atoms with Crippen molar-refractivity contribution in [3.63, 3.8) is 0 Å². The molecule has 0 saturated carbocycles. The molecule has 1 aliphatic heterocycles. The maximum Gasteiger partial charge on any atom is 0.213 e. The second-order valence-electron chi connectivity index (χ2n) is 3.67. The molecule has 1 saturated heterocycles. The molecule has 0 bridgehead atoms. The van der Waals surface area contributed by atoms with Gasteiger partial charge in [-0.15, -0.1) is 6.54 Å². The largest absolute Gasteiger partial charge is 0.333 e. The number of H-pyrrole nitrogens is 2. The van der Waals surface area contributed by atoms with Crippen LogP contribution in [0.5, 0.6) is 0 Å². The second-order valence-corrected chi connectivity index (χ2v) is 4.05.